The van der Waals surface area contributed by atoms with Gasteiger partial charge < -0.3 is 11.1 Å². The molecule has 0 saturated carbocycles. The first-order valence-electron chi connectivity index (χ1n) is 6.81. The van der Waals surface area contributed by atoms with Crippen LogP contribution in [0, 0.1) is 0 Å². The van der Waals surface area contributed by atoms with Gasteiger partial charge in [0.25, 0.3) is 0 Å². The van der Waals surface area contributed by atoms with Gasteiger partial charge in [-0.1, -0.05) is 49.4 Å². The number of rotatable bonds is 6. The third-order valence-corrected chi connectivity index (χ3v) is 3.39. The van der Waals surface area contributed by atoms with Crippen LogP contribution in [0.3, 0.4) is 0 Å². The topological polar surface area (TPSA) is 55.1 Å². The van der Waals surface area contributed by atoms with E-state index in [-0.39, 0.29) is 5.91 Å². The van der Waals surface area contributed by atoms with Crippen molar-refractivity contribution in [2.75, 3.05) is 6.54 Å². The molecule has 3 nitrogen and oxygen atoms in total. The van der Waals surface area contributed by atoms with E-state index < -0.39 is 0 Å². The normalized spacial score (nSPS) is 12.1. The molecule has 0 bridgehead atoms. The molecular formula is C17H20N2O. The van der Waals surface area contributed by atoms with E-state index in [0.717, 1.165) is 18.7 Å². The van der Waals surface area contributed by atoms with E-state index in [1.807, 2.05) is 18.2 Å². The van der Waals surface area contributed by atoms with Crippen LogP contribution in [0.25, 0.3) is 0 Å². The number of nitrogens with two attached hydrogens (primary N) is 1. The fourth-order valence-electron chi connectivity index (χ4n) is 2.12. The molecule has 104 valence electrons. The Morgan fingerprint density at radius 1 is 1.10 bits per heavy atom. The van der Waals surface area contributed by atoms with E-state index in [2.05, 4.69) is 36.5 Å². The molecule has 2 aromatic rings. The summed E-state index contributed by atoms with van der Waals surface area (Å²) >= 11 is 0. The van der Waals surface area contributed by atoms with Crippen LogP contribution in [-0.2, 0) is 6.54 Å². The fraction of sp³-hybridized carbons (Fsp3) is 0.235. The molecular weight excluding hydrogens is 248 g/mol. The van der Waals surface area contributed by atoms with Gasteiger partial charge in [-0.15, -0.1) is 0 Å². The van der Waals surface area contributed by atoms with Gasteiger partial charge >= 0.3 is 0 Å². The van der Waals surface area contributed by atoms with Crippen molar-refractivity contribution in [3.63, 3.8) is 0 Å². The summed E-state index contributed by atoms with van der Waals surface area (Å²) in [5, 5.41) is 3.43. The molecule has 0 spiro atoms. The van der Waals surface area contributed by atoms with Gasteiger partial charge in [-0.3, -0.25) is 4.79 Å². The first kappa shape index (κ1) is 14.3. The largest absolute Gasteiger partial charge is 0.366 e. The average molecular weight is 268 g/mol. The Hall–Kier alpha value is -2.13. The smallest absolute Gasteiger partial charge is 0.248 e. The zero-order chi connectivity index (χ0) is 14.4. The van der Waals surface area contributed by atoms with Crippen molar-refractivity contribution >= 4 is 5.91 Å². The maximum Gasteiger partial charge on any atom is 0.248 e. The summed E-state index contributed by atoms with van der Waals surface area (Å²) in [4.78, 5) is 11.0. The Labute approximate surface area is 119 Å². The molecule has 0 radical (unpaired) electrons. The maximum absolute atomic E-state index is 11.0. The van der Waals surface area contributed by atoms with E-state index in [9.17, 15) is 4.79 Å². The molecule has 0 aliphatic heterocycles. The molecule has 0 aliphatic rings. The summed E-state index contributed by atoms with van der Waals surface area (Å²) in [5.74, 6) is 0.0864. The zero-order valence-electron chi connectivity index (χ0n) is 11.7. The number of benzene rings is 2. The van der Waals surface area contributed by atoms with Crippen LogP contribution in [-0.4, -0.2) is 12.5 Å². The minimum absolute atomic E-state index is 0.387. The van der Waals surface area contributed by atoms with Crippen molar-refractivity contribution < 1.29 is 4.79 Å². The van der Waals surface area contributed by atoms with Gasteiger partial charge in [-0.2, -0.15) is 0 Å². The van der Waals surface area contributed by atoms with E-state index >= 15 is 0 Å². The lowest BCUT2D eigenvalue weighted by Crippen LogP contribution is -2.19. The molecule has 1 amide bonds. The third-order valence-electron chi connectivity index (χ3n) is 3.39. The molecule has 0 aliphatic carbocycles. The van der Waals surface area contributed by atoms with Crippen molar-refractivity contribution in [1.82, 2.24) is 5.32 Å². The number of amides is 1. The third kappa shape index (κ3) is 3.93. The monoisotopic (exact) mass is 268 g/mol. The summed E-state index contributed by atoms with van der Waals surface area (Å²) in [6, 6.07) is 17.8. The number of primary amides is 1. The first-order valence-corrected chi connectivity index (χ1v) is 6.81. The lowest BCUT2D eigenvalue weighted by atomic mass is 10.0. The quantitative estimate of drug-likeness (QED) is 0.846. The number of hydrogen-bond donors (Lipinski definition) is 2. The zero-order valence-corrected chi connectivity index (χ0v) is 11.7. The second kappa shape index (κ2) is 6.87. The maximum atomic E-state index is 11.0. The molecule has 20 heavy (non-hydrogen) atoms. The van der Waals surface area contributed by atoms with Crippen LogP contribution in [0.1, 0.15) is 34.3 Å². The summed E-state index contributed by atoms with van der Waals surface area (Å²) < 4.78 is 0. The predicted molar refractivity (Wildman–Crippen MR) is 81.5 cm³/mol. The molecule has 2 aromatic carbocycles. The van der Waals surface area contributed by atoms with Crippen LogP contribution in [0.2, 0.25) is 0 Å². The van der Waals surface area contributed by atoms with Crippen molar-refractivity contribution in [2.24, 2.45) is 5.73 Å². The van der Waals surface area contributed by atoms with Crippen LogP contribution in [0.15, 0.2) is 54.6 Å². The molecule has 0 aromatic heterocycles. The van der Waals surface area contributed by atoms with Crippen molar-refractivity contribution in [2.45, 2.75) is 19.4 Å². The van der Waals surface area contributed by atoms with Gasteiger partial charge in [0.15, 0.2) is 0 Å². The van der Waals surface area contributed by atoms with E-state index in [1.165, 1.54) is 5.56 Å². The van der Waals surface area contributed by atoms with Gasteiger partial charge in [0.1, 0.15) is 0 Å². The van der Waals surface area contributed by atoms with Gasteiger partial charge in [0.05, 0.1) is 0 Å². The summed E-state index contributed by atoms with van der Waals surface area (Å²) in [6.07, 6.45) is 0. The van der Waals surface area contributed by atoms with Crippen LogP contribution in [0.4, 0.5) is 0 Å². The van der Waals surface area contributed by atoms with Crippen LogP contribution >= 0.6 is 0 Å². The van der Waals surface area contributed by atoms with Crippen molar-refractivity contribution in [1.29, 1.82) is 0 Å². The highest BCUT2D eigenvalue weighted by Gasteiger charge is 2.04. The second-order valence-corrected chi connectivity index (χ2v) is 5.00. The van der Waals surface area contributed by atoms with Crippen molar-refractivity contribution in [3.8, 4) is 0 Å². The van der Waals surface area contributed by atoms with Gasteiger partial charge in [0, 0.05) is 18.7 Å². The molecule has 0 fully saturated rings. The number of nitrogens with one attached hydrogen (secondary N) is 1. The van der Waals surface area contributed by atoms with Crippen LogP contribution in [0.5, 0.6) is 0 Å². The Kier molecular flexibility index (Phi) is 4.91. The van der Waals surface area contributed by atoms with Gasteiger partial charge in [-0.05, 0) is 29.2 Å². The van der Waals surface area contributed by atoms with Gasteiger partial charge in [0.2, 0.25) is 5.91 Å². The summed E-state index contributed by atoms with van der Waals surface area (Å²) in [6.45, 7) is 3.91. The first-order chi connectivity index (χ1) is 9.66. The average Bonchev–Trinajstić information content (AvgIpc) is 2.48. The second-order valence-electron chi connectivity index (χ2n) is 5.00. The SMILES string of the molecule is CC(CNCc1ccc(C(N)=O)cc1)c1ccccc1. The Bertz CT molecular complexity index is 549. The molecule has 1 unspecified atom stereocenters. The Morgan fingerprint density at radius 3 is 2.35 bits per heavy atom. The minimum Gasteiger partial charge on any atom is -0.366 e. The highest BCUT2D eigenvalue weighted by Crippen LogP contribution is 2.13. The fourth-order valence-corrected chi connectivity index (χ4v) is 2.12. The number of carbonyl (C=O) groups excluding carboxylic acids is 1. The number of hydrogen-bond acceptors (Lipinski definition) is 2. The highest BCUT2D eigenvalue weighted by atomic mass is 16.1. The molecule has 3 N–H and O–H groups in total. The summed E-state index contributed by atoms with van der Waals surface area (Å²) in [7, 11) is 0. The van der Waals surface area contributed by atoms with Crippen LogP contribution < -0.4 is 11.1 Å². The molecule has 0 saturated heterocycles. The van der Waals surface area contributed by atoms with Gasteiger partial charge in [-0.25, -0.2) is 0 Å². The molecule has 2 rings (SSSR count). The van der Waals surface area contributed by atoms with Crippen molar-refractivity contribution in [3.05, 3.63) is 71.3 Å². The minimum atomic E-state index is -0.387. The predicted octanol–water partition coefficient (Wildman–Crippen LogP) is 2.68. The Balaban J connectivity index is 1.82. The lowest BCUT2D eigenvalue weighted by Gasteiger charge is -2.13. The highest BCUT2D eigenvalue weighted by molar-refractivity contribution is 5.92. The Morgan fingerprint density at radius 2 is 1.75 bits per heavy atom. The molecule has 0 heterocycles. The lowest BCUT2D eigenvalue weighted by molar-refractivity contribution is 0.100. The standard InChI is InChI=1S/C17H20N2O/c1-13(15-5-3-2-4-6-15)11-19-12-14-7-9-16(10-8-14)17(18)20/h2-10,13,19H,11-12H2,1H3,(H2,18,20). The molecule has 3 heteroatoms. The molecule has 1 atom stereocenters. The van der Waals surface area contributed by atoms with E-state index in [1.54, 1.807) is 12.1 Å². The number of carbonyl (C=O) groups is 1. The van der Waals surface area contributed by atoms with E-state index in [4.69, 9.17) is 5.73 Å². The van der Waals surface area contributed by atoms with E-state index in [0.29, 0.717) is 11.5 Å². The summed E-state index contributed by atoms with van der Waals surface area (Å²) in [5.41, 5.74) is 8.25.